The van der Waals surface area contributed by atoms with Crippen molar-refractivity contribution in [1.29, 1.82) is 0 Å². The van der Waals surface area contributed by atoms with Crippen LogP contribution in [0.1, 0.15) is 45.6 Å². The Kier molecular flexibility index (Phi) is 5.81. The number of thiazole rings is 1. The molecule has 1 amide bonds. The average molecular weight is 419 g/mol. The molecule has 0 fully saturated rings. The Morgan fingerprint density at radius 1 is 1.25 bits per heavy atom. The number of amides is 1. The van der Waals surface area contributed by atoms with Gasteiger partial charge in [-0.1, -0.05) is 37.6 Å². The van der Waals surface area contributed by atoms with Crippen LogP contribution in [0.25, 0.3) is 11.3 Å². The molecule has 2 aromatic heterocycles. The molecule has 0 saturated heterocycles. The highest BCUT2D eigenvalue weighted by atomic mass is 35.5. The maximum atomic E-state index is 12.7. The number of methoxy groups -OCH3 is 1. The first-order valence-corrected chi connectivity index (χ1v) is 9.70. The predicted molar refractivity (Wildman–Crippen MR) is 109 cm³/mol. The summed E-state index contributed by atoms with van der Waals surface area (Å²) in [7, 11) is 2.99. The summed E-state index contributed by atoms with van der Waals surface area (Å²) < 4.78 is 6.28. The summed E-state index contributed by atoms with van der Waals surface area (Å²) in [5.41, 5.74) is 2.10. The Bertz CT molecular complexity index is 1020. The van der Waals surface area contributed by atoms with Crippen LogP contribution in [0, 0.1) is 0 Å². The molecule has 9 heteroatoms. The number of aromatic nitrogens is 3. The number of halogens is 1. The first-order valence-electron chi connectivity index (χ1n) is 8.50. The summed E-state index contributed by atoms with van der Waals surface area (Å²) in [5.74, 6) is -0.813. The zero-order valence-corrected chi connectivity index (χ0v) is 17.4. The van der Waals surface area contributed by atoms with Crippen molar-refractivity contribution in [3.05, 3.63) is 51.6 Å². The highest BCUT2D eigenvalue weighted by molar-refractivity contribution is 7.16. The molecule has 28 heavy (non-hydrogen) atoms. The normalized spacial score (nSPS) is 10.9. The van der Waals surface area contributed by atoms with Gasteiger partial charge >= 0.3 is 5.97 Å². The van der Waals surface area contributed by atoms with Crippen LogP contribution in [0.15, 0.2) is 30.3 Å². The molecule has 0 bridgehead atoms. The number of rotatable bonds is 5. The van der Waals surface area contributed by atoms with Gasteiger partial charge in [-0.25, -0.2) is 9.78 Å². The topological polar surface area (TPSA) is 86.1 Å². The minimum Gasteiger partial charge on any atom is -0.464 e. The summed E-state index contributed by atoms with van der Waals surface area (Å²) in [4.78, 5) is 29.7. The molecular formula is C19H19ClN4O3S. The van der Waals surface area contributed by atoms with E-state index in [0.717, 1.165) is 10.4 Å². The number of ether oxygens (including phenoxy) is 1. The lowest BCUT2D eigenvalue weighted by molar-refractivity contribution is 0.0593. The molecule has 2 heterocycles. The smallest absolute Gasteiger partial charge is 0.357 e. The van der Waals surface area contributed by atoms with Gasteiger partial charge in [-0.05, 0) is 24.1 Å². The number of nitrogens with one attached hydrogen (secondary N) is 1. The number of hydrogen-bond donors (Lipinski definition) is 1. The van der Waals surface area contributed by atoms with Gasteiger partial charge in [-0.2, -0.15) is 5.10 Å². The van der Waals surface area contributed by atoms with E-state index >= 15 is 0 Å². The maximum absolute atomic E-state index is 12.7. The number of carbonyl (C=O) groups is 2. The highest BCUT2D eigenvalue weighted by Crippen LogP contribution is 2.30. The van der Waals surface area contributed by atoms with Crippen LogP contribution >= 0.6 is 22.9 Å². The minimum absolute atomic E-state index is 0.0745. The fraction of sp³-hybridized carbons (Fsp3) is 0.263. The molecule has 7 nitrogen and oxygen atoms in total. The van der Waals surface area contributed by atoms with Gasteiger partial charge in [-0.15, -0.1) is 11.3 Å². The molecule has 3 rings (SSSR count). The van der Waals surface area contributed by atoms with E-state index in [1.165, 1.54) is 23.1 Å². The van der Waals surface area contributed by atoms with E-state index in [4.69, 9.17) is 16.3 Å². The largest absolute Gasteiger partial charge is 0.464 e. The molecule has 3 aromatic rings. The number of hydrogen-bond acceptors (Lipinski definition) is 6. The third kappa shape index (κ3) is 4.07. The van der Waals surface area contributed by atoms with Gasteiger partial charge in [0, 0.05) is 22.5 Å². The summed E-state index contributed by atoms with van der Waals surface area (Å²) in [6.07, 6.45) is 0. The monoisotopic (exact) mass is 418 g/mol. The zero-order valence-electron chi connectivity index (χ0n) is 15.8. The van der Waals surface area contributed by atoms with Gasteiger partial charge in [0.05, 0.1) is 12.8 Å². The third-order valence-electron chi connectivity index (χ3n) is 4.03. The van der Waals surface area contributed by atoms with Crippen molar-refractivity contribution in [2.24, 2.45) is 7.05 Å². The van der Waals surface area contributed by atoms with Crippen molar-refractivity contribution >= 4 is 39.9 Å². The van der Waals surface area contributed by atoms with E-state index in [0.29, 0.717) is 21.5 Å². The molecule has 0 saturated carbocycles. The van der Waals surface area contributed by atoms with Gasteiger partial charge in [0.2, 0.25) is 0 Å². The van der Waals surface area contributed by atoms with E-state index in [-0.39, 0.29) is 17.5 Å². The van der Waals surface area contributed by atoms with Gasteiger partial charge in [-0.3, -0.25) is 14.8 Å². The van der Waals surface area contributed by atoms with Crippen LogP contribution in [0.3, 0.4) is 0 Å². The van der Waals surface area contributed by atoms with Crippen LogP contribution in [0.2, 0.25) is 5.02 Å². The zero-order chi connectivity index (χ0) is 20.4. The Labute approximate surface area is 171 Å². The molecule has 0 aliphatic carbocycles. The van der Waals surface area contributed by atoms with Crippen LogP contribution in [-0.2, 0) is 11.8 Å². The minimum atomic E-state index is -0.522. The van der Waals surface area contributed by atoms with E-state index < -0.39 is 5.97 Å². The van der Waals surface area contributed by atoms with E-state index in [9.17, 15) is 9.59 Å². The summed E-state index contributed by atoms with van der Waals surface area (Å²) in [6, 6.07) is 8.90. The van der Waals surface area contributed by atoms with Crippen LogP contribution in [0.4, 0.5) is 5.13 Å². The molecule has 0 spiro atoms. The SMILES string of the molecule is COC(=O)c1nc(NC(=O)c2cc(-c3ccc(Cl)cc3)nn2C)sc1C(C)C. The van der Waals surface area contributed by atoms with E-state index in [1.54, 1.807) is 25.2 Å². The molecule has 0 unspecified atom stereocenters. The quantitative estimate of drug-likeness (QED) is 0.622. The fourth-order valence-electron chi connectivity index (χ4n) is 2.62. The second-order valence-corrected chi connectivity index (χ2v) is 7.84. The number of benzene rings is 1. The summed E-state index contributed by atoms with van der Waals surface area (Å²) in [5, 5.41) is 8.10. The van der Waals surface area contributed by atoms with Crippen LogP contribution < -0.4 is 5.32 Å². The van der Waals surface area contributed by atoms with Crippen molar-refractivity contribution < 1.29 is 14.3 Å². The lowest BCUT2D eigenvalue weighted by atomic mass is 10.1. The average Bonchev–Trinajstić information content (AvgIpc) is 3.25. The van der Waals surface area contributed by atoms with Crippen molar-refractivity contribution in [3.63, 3.8) is 0 Å². The molecule has 0 radical (unpaired) electrons. The molecule has 0 aliphatic rings. The van der Waals surface area contributed by atoms with Gasteiger partial charge in [0.1, 0.15) is 5.69 Å². The van der Waals surface area contributed by atoms with Gasteiger partial charge < -0.3 is 4.74 Å². The Balaban J connectivity index is 1.86. The van der Waals surface area contributed by atoms with Crippen molar-refractivity contribution in [3.8, 4) is 11.3 Å². The second kappa shape index (κ2) is 8.12. The lowest BCUT2D eigenvalue weighted by Gasteiger charge is -2.02. The van der Waals surface area contributed by atoms with Gasteiger partial charge in [0.25, 0.3) is 5.91 Å². The van der Waals surface area contributed by atoms with Crippen molar-refractivity contribution in [1.82, 2.24) is 14.8 Å². The first kappa shape index (κ1) is 20.0. The predicted octanol–water partition coefficient (Wildman–Crippen LogP) is 4.36. The first-order chi connectivity index (χ1) is 13.3. The number of nitrogens with zero attached hydrogens (tertiary/aromatic N) is 3. The molecule has 146 valence electrons. The molecule has 0 aliphatic heterocycles. The van der Waals surface area contributed by atoms with Crippen molar-refractivity contribution in [2.75, 3.05) is 12.4 Å². The standard InChI is InChI=1S/C19H19ClN4O3S/c1-10(2)16-15(18(26)27-4)21-19(28-16)22-17(25)14-9-13(23-24(14)3)11-5-7-12(20)8-6-11/h5-10H,1-4H3,(H,21,22,25). The number of esters is 1. The molecule has 0 atom stereocenters. The summed E-state index contributed by atoms with van der Waals surface area (Å²) >= 11 is 7.17. The molecule has 1 N–H and O–H groups in total. The van der Waals surface area contributed by atoms with E-state index in [1.807, 2.05) is 26.0 Å². The highest BCUT2D eigenvalue weighted by Gasteiger charge is 2.23. The Morgan fingerprint density at radius 2 is 1.93 bits per heavy atom. The Hall–Kier alpha value is -2.71. The second-order valence-electron chi connectivity index (χ2n) is 6.38. The summed E-state index contributed by atoms with van der Waals surface area (Å²) in [6.45, 7) is 3.90. The molecular weight excluding hydrogens is 400 g/mol. The maximum Gasteiger partial charge on any atom is 0.357 e. The Morgan fingerprint density at radius 3 is 2.54 bits per heavy atom. The van der Waals surface area contributed by atoms with Crippen molar-refractivity contribution in [2.45, 2.75) is 19.8 Å². The fourth-order valence-corrected chi connectivity index (χ4v) is 3.70. The number of carbonyl (C=O) groups excluding carboxylic acids is 2. The number of anilines is 1. The lowest BCUT2D eigenvalue weighted by Crippen LogP contribution is -2.16. The van der Waals surface area contributed by atoms with E-state index in [2.05, 4.69) is 15.4 Å². The number of aryl methyl sites for hydroxylation is 1. The van der Waals surface area contributed by atoms with Crippen LogP contribution in [-0.4, -0.2) is 33.8 Å². The van der Waals surface area contributed by atoms with Crippen LogP contribution in [0.5, 0.6) is 0 Å². The third-order valence-corrected chi connectivity index (χ3v) is 5.55. The molecule has 1 aromatic carbocycles. The van der Waals surface area contributed by atoms with Gasteiger partial charge in [0.15, 0.2) is 10.8 Å².